The molecule has 1 aliphatic rings. The van der Waals surface area contributed by atoms with Crippen molar-refractivity contribution in [1.29, 1.82) is 0 Å². The monoisotopic (exact) mass is 438 g/mol. The van der Waals surface area contributed by atoms with Crippen molar-refractivity contribution >= 4 is 28.9 Å². The highest BCUT2D eigenvalue weighted by Gasteiger charge is 2.77. The van der Waals surface area contributed by atoms with Gasteiger partial charge in [0.2, 0.25) is 0 Å². The molecule has 0 saturated carbocycles. The first-order chi connectivity index (χ1) is 10.3. The van der Waals surface area contributed by atoms with E-state index in [9.17, 15) is 43.9 Å². The van der Waals surface area contributed by atoms with Crippen molar-refractivity contribution in [2.45, 2.75) is 37.0 Å². The highest BCUT2D eigenvalue weighted by Crippen LogP contribution is 2.49. The number of alkyl halides is 10. The minimum absolute atomic E-state index is 0.800. The van der Waals surface area contributed by atoms with Crippen molar-refractivity contribution in [2.75, 3.05) is 6.61 Å². The predicted octanol–water partition coefficient (Wildman–Crippen LogP) is 4.15. The summed E-state index contributed by atoms with van der Waals surface area (Å²) < 4.78 is 130. The van der Waals surface area contributed by atoms with Crippen molar-refractivity contribution in [1.82, 2.24) is 10.1 Å². The highest BCUT2D eigenvalue weighted by atomic mass is 35.7. The van der Waals surface area contributed by atoms with Crippen LogP contribution in [-0.2, 0) is 9.68 Å². The average Bonchev–Trinajstić information content (AvgIpc) is 2.25. The number of hydrogen-bond donors (Lipinski definition) is 0. The normalized spacial score (nSPS) is 27.6. The molecule has 1 atom stereocenters. The maximum atomic E-state index is 13.6. The second kappa shape index (κ2) is 6.28. The minimum Gasteiger partial charge on any atom is -0.283 e. The van der Waals surface area contributed by atoms with Crippen molar-refractivity contribution in [3.63, 3.8) is 0 Å². The van der Waals surface area contributed by atoms with E-state index in [-0.39, 0.29) is 0 Å². The predicted molar refractivity (Wildman–Crippen MR) is 59.8 cm³/mol. The average molecular weight is 439 g/mol. The quantitative estimate of drug-likeness (QED) is 0.266. The summed E-state index contributed by atoms with van der Waals surface area (Å²) in [6, 6.07) is -13.0. The van der Waals surface area contributed by atoms with E-state index < -0.39 is 53.8 Å². The van der Waals surface area contributed by atoms with Crippen molar-refractivity contribution in [3.05, 3.63) is 0 Å². The molecule has 1 unspecified atom stereocenters. The third-order valence-corrected chi connectivity index (χ3v) is 5.35. The Balaban J connectivity index is 3.49. The molecule has 24 heavy (non-hydrogen) atoms. The van der Waals surface area contributed by atoms with E-state index in [0.29, 0.717) is 0 Å². The van der Waals surface area contributed by atoms with Gasteiger partial charge in [0.25, 0.3) is 6.69 Å². The van der Waals surface area contributed by atoms with Crippen LogP contribution in [0.25, 0.3) is 0 Å². The van der Waals surface area contributed by atoms with Crippen molar-refractivity contribution in [3.8, 4) is 0 Å². The summed E-state index contributed by atoms with van der Waals surface area (Å²) in [4.78, 5) is 7.21. The summed E-state index contributed by atoms with van der Waals surface area (Å²) in [5, 5.41) is -5.01. The Morgan fingerprint density at radius 2 is 1.29 bits per heavy atom. The van der Waals surface area contributed by atoms with E-state index in [1.165, 1.54) is 0 Å². The van der Waals surface area contributed by atoms with Gasteiger partial charge in [0, 0.05) is 0 Å². The van der Waals surface area contributed by atoms with Crippen LogP contribution < -0.4 is 0 Å². The van der Waals surface area contributed by atoms with E-state index >= 15 is 0 Å². The number of rotatable bonds is 1. The van der Waals surface area contributed by atoms with E-state index in [4.69, 9.17) is 22.2 Å². The first kappa shape index (κ1) is 22.0. The van der Waals surface area contributed by atoms with Gasteiger partial charge < -0.3 is 0 Å². The molecule has 1 aliphatic heterocycles. The Bertz CT molecular complexity index is 468. The summed E-state index contributed by atoms with van der Waals surface area (Å²) in [6.45, 7) is -4.93. The maximum Gasteiger partial charge on any atom is 0.488 e. The fourth-order valence-corrected chi connectivity index (χ4v) is 2.66. The SMILES string of the molecule is C[Si](Cl)(Cl)C1CON(C(F)(F)F)C(F)(F)C(F)(F)N(C(F)(F)F)O1. The zero-order valence-corrected chi connectivity index (χ0v) is 13.5. The molecule has 1 heterocycles. The molecular formula is C7H6Cl2F10N2O2Si. The van der Waals surface area contributed by atoms with Gasteiger partial charge in [0.15, 0.2) is 0 Å². The van der Waals surface area contributed by atoms with Gasteiger partial charge in [-0.25, -0.2) is 0 Å². The Kier molecular flexibility index (Phi) is 5.75. The molecule has 1 saturated heterocycles. The first-order valence-electron chi connectivity index (χ1n) is 5.50. The molecule has 0 bridgehead atoms. The van der Waals surface area contributed by atoms with Crippen LogP contribution in [-0.4, -0.2) is 53.8 Å². The summed E-state index contributed by atoms with van der Waals surface area (Å²) >= 11 is 10.9. The molecular weight excluding hydrogens is 433 g/mol. The Morgan fingerprint density at radius 1 is 0.917 bits per heavy atom. The van der Waals surface area contributed by atoms with Crippen LogP contribution in [0.1, 0.15) is 0 Å². The number of hydroxylamine groups is 4. The number of halogens is 12. The Hall–Kier alpha value is -0.0631. The van der Waals surface area contributed by atoms with Gasteiger partial charge in [-0.05, 0) is 16.7 Å². The summed E-state index contributed by atoms with van der Waals surface area (Å²) in [7, 11) is 0. The molecule has 1 fully saturated rings. The zero-order valence-electron chi connectivity index (χ0n) is 11.0. The van der Waals surface area contributed by atoms with E-state index in [1.807, 2.05) is 0 Å². The molecule has 0 aromatic heterocycles. The molecule has 17 heteroatoms. The number of nitrogens with zero attached hydrogens (tertiary/aromatic N) is 2. The lowest BCUT2D eigenvalue weighted by molar-refractivity contribution is -0.565. The van der Waals surface area contributed by atoms with E-state index in [1.54, 1.807) is 0 Å². The first-order valence-corrected chi connectivity index (χ1v) is 10.1. The fraction of sp³-hybridized carbons (Fsp3) is 1.00. The molecule has 144 valence electrons. The van der Waals surface area contributed by atoms with Crippen LogP contribution in [0.4, 0.5) is 43.9 Å². The summed E-state index contributed by atoms with van der Waals surface area (Å²) in [5.74, 6) is 0. The van der Waals surface area contributed by atoms with Crippen LogP contribution in [0.2, 0.25) is 6.55 Å². The van der Waals surface area contributed by atoms with Crippen LogP contribution in [0.15, 0.2) is 0 Å². The second-order valence-corrected chi connectivity index (χ2v) is 12.3. The molecule has 0 spiro atoms. The van der Waals surface area contributed by atoms with Crippen LogP contribution >= 0.6 is 22.2 Å². The smallest absolute Gasteiger partial charge is 0.283 e. The Labute approximate surface area is 137 Å². The highest BCUT2D eigenvalue weighted by molar-refractivity contribution is 7.45. The van der Waals surface area contributed by atoms with Gasteiger partial charge in [-0.1, -0.05) is 0 Å². The van der Waals surface area contributed by atoms with Crippen molar-refractivity contribution in [2.24, 2.45) is 0 Å². The van der Waals surface area contributed by atoms with Crippen LogP contribution in [0.3, 0.4) is 0 Å². The second-order valence-electron chi connectivity index (χ2n) is 4.45. The van der Waals surface area contributed by atoms with Gasteiger partial charge in [-0.3, -0.25) is 9.68 Å². The lowest BCUT2D eigenvalue weighted by atomic mass is 10.4. The molecule has 0 amide bonds. The van der Waals surface area contributed by atoms with Gasteiger partial charge in [0.05, 0.1) is 6.61 Å². The van der Waals surface area contributed by atoms with E-state index in [2.05, 4.69) is 9.68 Å². The van der Waals surface area contributed by atoms with Crippen LogP contribution in [0, 0.1) is 0 Å². The summed E-state index contributed by atoms with van der Waals surface area (Å²) in [5.41, 5.74) is -2.38. The van der Waals surface area contributed by atoms with E-state index in [0.717, 1.165) is 6.55 Å². The molecule has 1 rings (SSSR count). The lowest BCUT2D eigenvalue weighted by Crippen LogP contribution is -2.71. The van der Waals surface area contributed by atoms with Crippen molar-refractivity contribution < 1.29 is 53.6 Å². The van der Waals surface area contributed by atoms with Gasteiger partial charge >= 0.3 is 24.7 Å². The van der Waals surface area contributed by atoms with Gasteiger partial charge in [-0.15, -0.1) is 22.2 Å². The molecule has 0 aliphatic carbocycles. The Morgan fingerprint density at radius 3 is 1.62 bits per heavy atom. The topological polar surface area (TPSA) is 24.9 Å². The lowest BCUT2D eigenvalue weighted by Gasteiger charge is -2.44. The minimum atomic E-state index is -6.53. The largest absolute Gasteiger partial charge is 0.488 e. The molecule has 0 aromatic rings. The molecule has 0 aromatic carbocycles. The molecule has 4 nitrogen and oxygen atoms in total. The third-order valence-electron chi connectivity index (χ3n) is 2.49. The fourth-order valence-electron chi connectivity index (χ4n) is 1.38. The molecule has 0 radical (unpaired) electrons. The van der Waals surface area contributed by atoms with Gasteiger partial charge in [0.1, 0.15) is 5.73 Å². The zero-order chi connectivity index (χ0) is 19.4. The molecule has 0 N–H and O–H groups in total. The standard InChI is InChI=1S/C7H6Cl2F10N2O2Si/c1-24(8,9)3-2-22-20(6(14,15)16)4(10,11)5(12,13)21(23-3)7(17,18)19/h3H,2H2,1H3. The third kappa shape index (κ3) is 4.18. The number of hydrogen-bond acceptors (Lipinski definition) is 4. The summed E-state index contributed by atoms with van der Waals surface area (Å²) in [6.07, 6.45) is -12.6. The van der Waals surface area contributed by atoms with Crippen LogP contribution in [0.5, 0.6) is 0 Å². The van der Waals surface area contributed by atoms with Gasteiger partial charge in [-0.2, -0.15) is 43.9 Å². The maximum absolute atomic E-state index is 13.6.